The van der Waals surface area contributed by atoms with Crippen LogP contribution in [-0.4, -0.2) is 63.7 Å². The largest absolute Gasteiger partial charge is 0.486 e. The van der Waals surface area contributed by atoms with E-state index in [-0.39, 0.29) is 37.7 Å². The van der Waals surface area contributed by atoms with Gasteiger partial charge in [0.15, 0.2) is 11.5 Å². The average Bonchev–Trinajstić information content (AvgIpc) is 2.97. The fourth-order valence-corrected chi connectivity index (χ4v) is 5.77. The van der Waals surface area contributed by atoms with Gasteiger partial charge in [-0.15, -0.1) is 0 Å². The summed E-state index contributed by atoms with van der Waals surface area (Å²) in [6.45, 7) is 3.46. The molecule has 3 aromatic rings. The summed E-state index contributed by atoms with van der Waals surface area (Å²) in [5, 5.41) is 2.89. The number of hydrogen-bond acceptors (Lipinski definition) is 6. The minimum atomic E-state index is -3.64. The van der Waals surface area contributed by atoms with Crippen LogP contribution in [0.15, 0.2) is 78.9 Å². The lowest BCUT2D eigenvalue weighted by atomic mass is 10.0. The summed E-state index contributed by atoms with van der Waals surface area (Å²) in [6.07, 6.45) is 1.82. The lowest BCUT2D eigenvalue weighted by Crippen LogP contribution is -2.50. The minimum absolute atomic E-state index is 0.0636. The Morgan fingerprint density at radius 3 is 2.17 bits per heavy atom. The van der Waals surface area contributed by atoms with Gasteiger partial charge in [-0.25, -0.2) is 8.42 Å². The molecule has 3 aromatic carbocycles. The van der Waals surface area contributed by atoms with Crippen molar-refractivity contribution in [3.8, 4) is 11.5 Å². The molecule has 9 nitrogen and oxygen atoms in total. The topological polar surface area (TPSA) is 105 Å². The average molecular weight is 580 g/mol. The highest BCUT2D eigenvalue weighted by Gasteiger charge is 2.30. The Hall–Kier alpha value is -4.05. The number of nitrogens with zero attached hydrogens (tertiary/aromatic N) is 2. The molecule has 2 amide bonds. The monoisotopic (exact) mass is 579 g/mol. The SMILES string of the molecule is CCNC(=O)[C@H](Cc1ccccc1)N(Cc1ccccc1)C(=O)CCCN(c1ccc2c(c1)OCCO2)S(C)(=O)=O. The summed E-state index contributed by atoms with van der Waals surface area (Å²) in [4.78, 5) is 28.7. The van der Waals surface area contributed by atoms with Gasteiger partial charge >= 0.3 is 0 Å². The number of fused-ring (bicyclic) bond motifs is 1. The molecule has 4 rings (SSSR count). The first-order chi connectivity index (χ1) is 19.8. The Bertz CT molecular complexity index is 1420. The number of likely N-dealkylation sites (N-methyl/N-ethyl adjacent to an activating group) is 1. The van der Waals surface area contributed by atoms with E-state index in [0.29, 0.717) is 43.4 Å². The van der Waals surface area contributed by atoms with E-state index in [9.17, 15) is 18.0 Å². The number of carbonyl (C=O) groups excluding carboxylic acids is 2. The standard InChI is InChI=1S/C31H37N3O6S/c1-3-32-31(36)27(21-24-11-6-4-7-12-24)33(23-25-13-8-5-9-14-25)30(35)15-10-18-34(41(2,37)38)26-16-17-28-29(22-26)40-20-19-39-28/h4-9,11-14,16-17,22,27H,3,10,15,18-21,23H2,1-2H3,(H,32,36)/t27-/m0/s1. The van der Waals surface area contributed by atoms with Crippen molar-refractivity contribution >= 4 is 27.5 Å². The van der Waals surface area contributed by atoms with Gasteiger partial charge in [0.2, 0.25) is 21.8 Å². The van der Waals surface area contributed by atoms with E-state index in [4.69, 9.17) is 9.47 Å². The quantitative estimate of drug-likeness (QED) is 0.331. The molecular weight excluding hydrogens is 542 g/mol. The molecule has 0 aromatic heterocycles. The molecule has 1 aliphatic rings. The highest BCUT2D eigenvalue weighted by atomic mass is 32.2. The number of rotatable bonds is 13. The van der Waals surface area contributed by atoms with Crippen molar-refractivity contribution in [1.29, 1.82) is 0 Å². The van der Waals surface area contributed by atoms with Crippen LogP contribution in [0.3, 0.4) is 0 Å². The number of amides is 2. The molecule has 1 atom stereocenters. The number of sulfonamides is 1. The van der Waals surface area contributed by atoms with E-state index in [1.807, 2.05) is 67.6 Å². The Kier molecular flexibility index (Phi) is 10.2. The number of benzene rings is 3. The van der Waals surface area contributed by atoms with E-state index in [2.05, 4.69) is 5.32 Å². The molecular formula is C31H37N3O6S. The number of nitrogens with one attached hydrogen (secondary N) is 1. The normalized spacial score (nSPS) is 13.2. The van der Waals surface area contributed by atoms with E-state index in [1.165, 1.54) is 4.31 Å². The summed E-state index contributed by atoms with van der Waals surface area (Å²) in [5.41, 5.74) is 2.28. The summed E-state index contributed by atoms with van der Waals surface area (Å²) in [5.74, 6) is 0.597. The molecule has 0 fully saturated rings. The molecule has 0 saturated heterocycles. The van der Waals surface area contributed by atoms with Crippen molar-refractivity contribution in [3.05, 3.63) is 90.0 Å². The lowest BCUT2D eigenvalue weighted by molar-refractivity contribution is -0.141. The molecule has 0 bridgehead atoms. The first-order valence-corrected chi connectivity index (χ1v) is 15.6. The molecule has 10 heteroatoms. The Morgan fingerprint density at radius 2 is 1.54 bits per heavy atom. The van der Waals surface area contributed by atoms with Crippen LogP contribution in [-0.2, 0) is 32.6 Å². The predicted molar refractivity (Wildman–Crippen MR) is 158 cm³/mol. The molecule has 0 radical (unpaired) electrons. The van der Waals surface area contributed by atoms with Crippen molar-refractivity contribution < 1.29 is 27.5 Å². The van der Waals surface area contributed by atoms with Gasteiger partial charge in [-0.3, -0.25) is 13.9 Å². The highest BCUT2D eigenvalue weighted by molar-refractivity contribution is 7.92. The fraction of sp³-hybridized carbons (Fsp3) is 0.355. The number of ether oxygens (including phenoxy) is 2. The van der Waals surface area contributed by atoms with Crippen LogP contribution in [0.1, 0.15) is 30.9 Å². The Morgan fingerprint density at radius 1 is 0.902 bits per heavy atom. The minimum Gasteiger partial charge on any atom is -0.486 e. The van der Waals surface area contributed by atoms with Gasteiger partial charge in [0.25, 0.3) is 0 Å². The molecule has 218 valence electrons. The van der Waals surface area contributed by atoms with E-state index < -0.39 is 16.1 Å². The maximum Gasteiger partial charge on any atom is 0.243 e. The van der Waals surface area contributed by atoms with Crippen LogP contribution < -0.4 is 19.1 Å². The van der Waals surface area contributed by atoms with Gasteiger partial charge in [-0.2, -0.15) is 0 Å². The molecule has 1 aliphatic heterocycles. The second kappa shape index (κ2) is 14.0. The third-order valence-electron chi connectivity index (χ3n) is 6.78. The Balaban J connectivity index is 1.54. The molecule has 41 heavy (non-hydrogen) atoms. The summed E-state index contributed by atoms with van der Waals surface area (Å²) in [6, 6.07) is 23.4. The third-order valence-corrected chi connectivity index (χ3v) is 7.98. The van der Waals surface area contributed by atoms with Crippen LogP contribution in [0.4, 0.5) is 5.69 Å². The van der Waals surface area contributed by atoms with Crippen LogP contribution in [0, 0.1) is 0 Å². The summed E-state index contributed by atoms with van der Waals surface area (Å²) in [7, 11) is -3.64. The number of hydrogen-bond donors (Lipinski definition) is 1. The van der Waals surface area contributed by atoms with Crippen molar-refractivity contribution in [2.45, 2.75) is 38.8 Å². The van der Waals surface area contributed by atoms with Gasteiger partial charge in [0.05, 0.1) is 11.9 Å². The van der Waals surface area contributed by atoms with E-state index in [0.717, 1.165) is 17.4 Å². The van der Waals surface area contributed by atoms with Crippen molar-refractivity contribution in [2.75, 3.05) is 36.9 Å². The predicted octanol–water partition coefficient (Wildman–Crippen LogP) is 3.78. The van der Waals surface area contributed by atoms with Gasteiger partial charge < -0.3 is 19.7 Å². The summed E-state index contributed by atoms with van der Waals surface area (Å²) < 4.78 is 37.9. The van der Waals surface area contributed by atoms with Crippen LogP contribution >= 0.6 is 0 Å². The lowest BCUT2D eigenvalue weighted by Gasteiger charge is -2.32. The van der Waals surface area contributed by atoms with Gasteiger partial charge in [0, 0.05) is 38.5 Å². The maximum atomic E-state index is 13.8. The second-order valence-electron chi connectivity index (χ2n) is 9.87. The second-order valence-corrected chi connectivity index (χ2v) is 11.8. The smallest absolute Gasteiger partial charge is 0.243 e. The van der Waals surface area contributed by atoms with Crippen LogP contribution in [0.5, 0.6) is 11.5 Å². The zero-order valence-electron chi connectivity index (χ0n) is 23.5. The van der Waals surface area contributed by atoms with Crippen LogP contribution in [0.25, 0.3) is 0 Å². The molecule has 1 N–H and O–H groups in total. The first kappa shape index (κ1) is 29.9. The Labute approximate surface area is 242 Å². The maximum absolute atomic E-state index is 13.8. The van der Waals surface area contributed by atoms with Crippen LogP contribution in [0.2, 0.25) is 0 Å². The number of anilines is 1. The molecule has 0 spiro atoms. The van der Waals surface area contributed by atoms with E-state index in [1.54, 1.807) is 23.1 Å². The zero-order valence-corrected chi connectivity index (χ0v) is 24.3. The molecule has 0 saturated carbocycles. The van der Waals surface area contributed by atoms with Crippen molar-refractivity contribution in [2.24, 2.45) is 0 Å². The first-order valence-electron chi connectivity index (χ1n) is 13.8. The van der Waals surface area contributed by atoms with E-state index >= 15 is 0 Å². The summed E-state index contributed by atoms with van der Waals surface area (Å²) >= 11 is 0. The number of carbonyl (C=O) groups is 2. The zero-order chi connectivity index (χ0) is 29.2. The van der Waals surface area contributed by atoms with Crippen molar-refractivity contribution in [3.63, 3.8) is 0 Å². The molecule has 0 aliphatic carbocycles. The van der Waals surface area contributed by atoms with Gasteiger partial charge in [-0.05, 0) is 36.6 Å². The van der Waals surface area contributed by atoms with Gasteiger partial charge in [0.1, 0.15) is 19.3 Å². The van der Waals surface area contributed by atoms with Crippen molar-refractivity contribution in [1.82, 2.24) is 10.2 Å². The molecule has 1 heterocycles. The fourth-order valence-electron chi connectivity index (χ4n) is 4.82. The highest BCUT2D eigenvalue weighted by Crippen LogP contribution is 2.34. The molecule has 0 unspecified atom stereocenters. The third kappa shape index (κ3) is 8.23. The van der Waals surface area contributed by atoms with Gasteiger partial charge in [-0.1, -0.05) is 60.7 Å².